The summed E-state index contributed by atoms with van der Waals surface area (Å²) in [6, 6.07) is 5.89. The fourth-order valence-corrected chi connectivity index (χ4v) is 3.08. The lowest BCUT2D eigenvalue weighted by atomic mass is 9.82. The van der Waals surface area contributed by atoms with Gasteiger partial charge in [0.25, 0.3) is 6.01 Å². The first-order valence-electron chi connectivity index (χ1n) is 8.05. The van der Waals surface area contributed by atoms with Crippen LogP contribution in [0.1, 0.15) is 38.5 Å². The number of fused-ring (bicyclic) bond motifs is 1. The van der Waals surface area contributed by atoms with Crippen molar-refractivity contribution in [3.63, 3.8) is 0 Å². The maximum atomic E-state index is 12.2. The monoisotopic (exact) mass is 317 g/mol. The predicted octanol–water partition coefficient (Wildman–Crippen LogP) is 2.92. The second-order valence-electron chi connectivity index (χ2n) is 6.58. The lowest BCUT2D eigenvalue weighted by Gasteiger charge is -2.31. The molecule has 1 aromatic carbocycles. The maximum absolute atomic E-state index is 12.2. The van der Waals surface area contributed by atoms with Crippen molar-refractivity contribution in [2.45, 2.75) is 44.1 Å². The van der Waals surface area contributed by atoms with E-state index in [9.17, 15) is 9.90 Å². The Balaban J connectivity index is 1.69. The van der Waals surface area contributed by atoms with E-state index >= 15 is 0 Å². The smallest absolute Gasteiger partial charge is 0.297 e. The molecule has 0 atom stereocenters. The molecule has 2 N–H and O–H groups in total. The standard InChI is InChI=1S/C17H23N3O3/c1-20(2)16-19-13-10-12(6-7-14(13)23-16)18-15(21)11-17(22)8-4-3-5-9-17/h6-7,10,22H,3-5,8-9,11H2,1-2H3,(H,18,21). The van der Waals surface area contributed by atoms with Gasteiger partial charge in [-0.3, -0.25) is 4.79 Å². The first-order chi connectivity index (χ1) is 11.0. The molecule has 3 rings (SSSR count). The molecule has 0 bridgehead atoms. The number of aliphatic hydroxyl groups is 1. The number of amides is 1. The summed E-state index contributed by atoms with van der Waals surface area (Å²) in [5.74, 6) is -0.162. The zero-order valence-electron chi connectivity index (χ0n) is 13.6. The molecule has 23 heavy (non-hydrogen) atoms. The predicted molar refractivity (Wildman–Crippen MR) is 89.6 cm³/mol. The largest absolute Gasteiger partial charge is 0.423 e. The van der Waals surface area contributed by atoms with Crippen molar-refractivity contribution in [2.75, 3.05) is 24.3 Å². The molecule has 0 aliphatic heterocycles. The van der Waals surface area contributed by atoms with Crippen LogP contribution in [-0.4, -0.2) is 35.7 Å². The maximum Gasteiger partial charge on any atom is 0.297 e. The molecule has 1 heterocycles. The second-order valence-corrected chi connectivity index (χ2v) is 6.58. The molecule has 1 amide bonds. The van der Waals surface area contributed by atoms with Crippen molar-refractivity contribution in [3.05, 3.63) is 18.2 Å². The first-order valence-corrected chi connectivity index (χ1v) is 8.05. The number of carbonyl (C=O) groups excluding carboxylic acids is 1. The molecule has 1 fully saturated rings. The van der Waals surface area contributed by atoms with Crippen LogP contribution in [0.25, 0.3) is 11.1 Å². The van der Waals surface area contributed by atoms with Gasteiger partial charge in [-0.1, -0.05) is 19.3 Å². The molecule has 0 saturated heterocycles. The van der Waals surface area contributed by atoms with Crippen LogP contribution in [0, 0.1) is 0 Å². The van der Waals surface area contributed by atoms with Crippen molar-refractivity contribution in [2.24, 2.45) is 0 Å². The van der Waals surface area contributed by atoms with Crippen molar-refractivity contribution in [1.29, 1.82) is 0 Å². The Bertz CT molecular complexity index is 702. The number of anilines is 2. The SMILES string of the molecule is CN(C)c1nc2cc(NC(=O)CC3(O)CCCCC3)ccc2o1. The van der Waals surface area contributed by atoms with Gasteiger partial charge >= 0.3 is 0 Å². The summed E-state index contributed by atoms with van der Waals surface area (Å²) >= 11 is 0. The van der Waals surface area contributed by atoms with Crippen molar-refractivity contribution >= 4 is 28.7 Å². The number of oxazole rings is 1. The molecule has 6 heteroatoms. The molecule has 0 spiro atoms. The van der Waals surface area contributed by atoms with Crippen molar-refractivity contribution in [3.8, 4) is 0 Å². The van der Waals surface area contributed by atoms with Gasteiger partial charge < -0.3 is 19.7 Å². The molecule has 6 nitrogen and oxygen atoms in total. The Morgan fingerprint density at radius 3 is 2.78 bits per heavy atom. The quantitative estimate of drug-likeness (QED) is 0.906. The summed E-state index contributed by atoms with van der Waals surface area (Å²) < 4.78 is 5.59. The minimum absolute atomic E-state index is 0.146. The molecule has 1 aromatic heterocycles. The van der Waals surface area contributed by atoms with Crippen LogP contribution in [-0.2, 0) is 4.79 Å². The van der Waals surface area contributed by atoms with Gasteiger partial charge in [0, 0.05) is 19.8 Å². The third-order valence-electron chi connectivity index (χ3n) is 4.32. The third-order valence-corrected chi connectivity index (χ3v) is 4.32. The van der Waals surface area contributed by atoms with Crippen LogP contribution in [0.15, 0.2) is 22.6 Å². The van der Waals surface area contributed by atoms with E-state index in [2.05, 4.69) is 10.3 Å². The Kier molecular flexibility index (Phi) is 4.26. The van der Waals surface area contributed by atoms with Crippen LogP contribution < -0.4 is 10.2 Å². The Morgan fingerprint density at radius 1 is 1.35 bits per heavy atom. The summed E-state index contributed by atoms with van der Waals surface area (Å²) in [5, 5.41) is 13.3. The fraction of sp³-hybridized carbons (Fsp3) is 0.529. The van der Waals surface area contributed by atoms with Crippen LogP contribution in [0.4, 0.5) is 11.7 Å². The minimum Gasteiger partial charge on any atom is -0.423 e. The Labute approximate surface area is 135 Å². The molecule has 1 saturated carbocycles. The van der Waals surface area contributed by atoms with E-state index in [-0.39, 0.29) is 12.3 Å². The molecule has 124 valence electrons. The van der Waals surface area contributed by atoms with E-state index in [1.54, 1.807) is 23.1 Å². The molecular formula is C17H23N3O3. The zero-order valence-corrected chi connectivity index (χ0v) is 13.6. The van der Waals surface area contributed by atoms with Gasteiger partial charge in [-0.15, -0.1) is 0 Å². The van der Waals surface area contributed by atoms with Gasteiger partial charge in [0.1, 0.15) is 5.52 Å². The average molecular weight is 317 g/mol. The van der Waals surface area contributed by atoms with Gasteiger partial charge in [0.05, 0.1) is 12.0 Å². The summed E-state index contributed by atoms with van der Waals surface area (Å²) in [4.78, 5) is 18.4. The molecule has 0 unspecified atom stereocenters. The summed E-state index contributed by atoms with van der Waals surface area (Å²) in [6.07, 6.45) is 4.67. The van der Waals surface area contributed by atoms with E-state index in [1.807, 2.05) is 14.1 Å². The summed E-state index contributed by atoms with van der Waals surface area (Å²) in [5.41, 5.74) is 1.19. The summed E-state index contributed by atoms with van der Waals surface area (Å²) in [6.45, 7) is 0. The highest BCUT2D eigenvalue weighted by Crippen LogP contribution is 2.31. The highest BCUT2D eigenvalue weighted by molar-refractivity contribution is 5.93. The van der Waals surface area contributed by atoms with E-state index in [1.165, 1.54) is 0 Å². The topological polar surface area (TPSA) is 78.6 Å². The van der Waals surface area contributed by atoms with E-state index < -0.39 is 5.60 Å². The molecular weight excluding hydrogens is 294 g/mol. The normalized spacial score (nSPS) is 17.2. The van der Waals surface area contributed by atoms with Crippen LogP contribution in [0.3, 0.4) is 0 Å². The second kappa shape index (κ2) is 6.20. The van der Waals surface area contributed by atoms with Crippen LogP contribution in [0.2, 0.25) is 0 Å². The third kappa shape index (κ3) is 3.64. The van der Waals surface area contributed by atoms with Gasteiger partial charge in [-0.25, -0.2) is 0 Å². The first kappa shape index (κ1) is 15.8. The van der Waals surface area contributed by atoms with Crippen molar-refractivity contribution < 1.29 is 14.3 Å². The highest BCUT2D eigenvalue weighted by Gasteiger charge is 2.31. The number of hydrogen-bond donors (Lipinski definition) is 2. The lowest BCUT2D eigenvalue weighted by Crippen LogP contribution is -2.35. The number of nitrogens with zero attached hydrogens (tertiary/aromatic N) is 2. The summed E-state index contributed by atoms with van der Waals surface area (Å²) in [7, 11) is 3.72. The minimum atomic E-state index is -0.849. The molecule has 1 aliphatic rings. The molecule has 1 aliphatic carbocycles. The van der Waals surface area contributed by atoms with E-state index in [0.717, 1.165) is 19.3 Å². The van der Waals surface area contributed by atoms with Gasteiger partial charge in [0.15, 0.2) is 5.58 Å². The van der Waals surface area contributed by atoms with Crippen LogP contribution >= 0.6 is 0 Å². The lowest BCUT2D eigenvalue weighted by molar-refractivity contribution is -0.122. The van der Waals surface area contributed by atoms with Crippen molar-refractivity contribution in [1.82, 2.24) is 4.98 Å². The zero-order chi connectivity index (χ0) is 16.4. The number of hydrogen-bond acceptors (Lipinski definition) is 5. The highest BCUT2D eigenvalue weighted by atomic mass is 16.4. The molecule has 0 radical (unpaired) electrons. The van der Waals surface area contributed by atoms with E-state index in [4.69, 9.17) is 4.42 Å². The van der Waals surface area contributed by atoms with Gasteiger partial charge in [-0.2, -0.15) is 4.98 Å². The number of nitrogens with one attached hydrogen (secondary N) is 1. The van der Waals surface area contributed by atoms with Gasteiger partial charge in [0.2, 0.25) is 5.91 Å². The fourth-order valence-electron chi connectivity index (χ4n) is 3.08. The number of carbonyl (C=O) groups is 1. The van der Waals surface area contributed by atoms with Crippen LogP contribution in [0.5, 0.6) is 0 Å². The Morgan fingerprint density at radius 2 is 2.09 bits per heavy atom. The number of benzene rings is 1. The van der Waals surface area contributed by atoms with Gasteiger partial charge in [-0.05, 0) is 31.0 Å². The Hall–Kier alpha value is -2.08. The van der Waals surface area contributed by atoms with E-state index in [0.29, 0.717) is 35.6 Å². The number of aromatic nitrogens is 1. The average Bonchev–Trinajstić information content (AvgIpc) is 2.90. The number of rotatable bonds is 4. The molecule has 2 aromatic rings.